The summed E-state index contributed by atoms with van der Waals surface area (Å²) < 4.78 is 0. The predicted molar refractivity (Wildman–Crippen MR) is 88.2 cm³/mol. The Kier molecular flexibility index (Phi) is 5.58. The molecule has 3 N–H and O–H groups in total. The van der Waals surface area contributed by atoms with Crippen LogP contribution in [0.25, 0.3) is 0 Å². The Morgan fingerprint density at radius 3 is 2.23 bits per heavy atom. The van der Waals surface area contributed by atoms with Gasteiger partial charge in [0.05, 0.1) is 5.71 Å². The maximum atomic E-state index is 4.29. The van der Waals surface area contributed by atoms with Crippen LogP contribution in [0, 0.1) is 0 Å². The van der Waals surface area contributed by atoms with Crippen molar-refractivity contribution >= 4 is 23.6 Å². The van der Waals surface area contributed by atoms with Crippen LogP contribution in [0.15, 0.2) is 29.6 Å². The standard InChI is InChI=1S/C14H20N8/c1-4-16-12-18-13(17-5-2)20-14(19-12)22-21-10(3)11-7-6-8-15-9-11/h6-9H,4-5H2,1-3H3,(H3,16,17,18,19,20,22)/b21-10+. The molecule has 8 heteroatoms. The number of nitrogens with zero attached hydrogens (tertiary/aromatic N) is 5. The summed E-state index contributed by atoms with van der Waals surface area (Å²) in [6.07, 6.45) is 3.48. The maximum absolute atomic E-state index is 4.29. The smallest absolute Gasteiger partial charge is 0.250 e. The first-order chi connectivity index (χ1) is 10.7. The van der Waals surface area contributed by atoms with E-state index in [4.69, 9.17) is 0 Å². The van der Waals surface area contributed by atoms with E-state index in [1.165, 1.54) is 0 Å². The van der Waals surface area contributed by atoms with Gasteiger partial charge >= 0.3 is 0 Å². The second kappa shape index (κ2) is 7.87. The van der Waals surface area contributed by atoms with Gasteiger partial charge in [-0.25, -0.2) is 5.43 Å². The zero-order valence-electron chi connectivity index (χ0n) is 13.0. The maximum Gasteiger partial charge on any atom is 0.250 e. The van der Waals surface area contributed by atoms with E-state index in [2.05, 4.69) is 41.1 Å². The molecule has 2 aromatic heterocycles. The van der Waals surface area contributed by atoms with Gasteiger partial charge in [-0.1, -0.05) is 6.07 Å². The minimum Gasteiger partial charge on any atom is -0.354 e. The molecule has 0 bridgehead atoms. The third-order valence-electron chi connectivity index (χ3n) is 2.71. The zero-order chi connectivity index (χ0) is 15.8. The molecule has 22 heavy (non-hydrogen) atoms. The molecule has 0 radical (unpaired) electrons. The van der Waals surface area contributed by atoms with Gasteiger partial charge in [-0.3, -0.25) is 4.98 Å². The molecule has 0 fully saturated rings. The van der Waals surface area contributed by atoms with Crippen molar-refractivity contribution in [3.05, 3.63) is 30.1 Å². The molecular weight excluding hydrogens is 280 g/mol. The highest BCUT2D eigenvalue weighted by molar-refractivity contribution is 5.98. The summed E-state index contributed by atoms with van der Waals surface area (Å²) >= 11 is 0. The fraction of sp³-hybridized carbons (Fsp3) is 0.357. The molecule has 0 saturated carbocycles. The van der Waals surface area contributed by atoms with E-state index < -0.39 is 0 Å². The Bertz CT molecular complexity index is 602. The molecule has 2 aromatic rings. The summed E-state index contributed by atoms with van der Waals surface area (Å²) in [6.45, 7) is 7.31. The zero-order valence-corrected chi connectivity index (χ0v) is 13.0. The lowest BCUT2D eigenvalue weighted by Crippen LogP contribution is -2.11. The minimum absolute atomic E-state index is 0.380. The number of pyridine rings is 1. The predicted octanol–water partition coefficient (Wildman–Crippen LogP) is 1.97. The van der Waals surface area contributed by atoms with Gasteiger partial charge in [-0.2, -0.15) is 20.1 Å². The third-order valence-corrected chi connectivity index (χ3v) is 2.71. The van der Waals surface area contributed by atoms with Crippen LogP contribution >= 0.6 is 0 Å². The molecular formula is C14H20N8. The van der Waals surface area contributed by atoms with E-state index in [0.29, 0.717) is 17.8 Å². The summed E-state index contributed by atoms with van der Waals surface area (Å²) in [7, 11) is 0. The molecule has 0 aromatic carbocycles. The van der Waals surface area contributed by atoms with Gasteiger partial charge in [-0.15, -0.1) is 0 Å². The van der Waals surface area contributed by atoms with Crippen LogP contribution in [-0.2, 0) is 0 Å². The van der Waals surface area contributed by atoms with Crippen LogP contribution in [0.1, 0.15) is 26.3 Å². The van der Waals surface area contributed by atoms with E-state index in [1.807, 2.05) is 32.9 Å². The number of nitrogens with one attached hydrogen (secondary N) is 3. The van der Waals surface area contributed by atoms with Crippen LogP contribution in [0.4, 0.5) is 17.8 Å². The number of hydrogen-bond donors (Lipinski definition) is 3. The quantitative estimate of drug-likeness (QED) is 0.531. The summed E-state index contributed by atoms with van der Waals surface area (Å²) in [6, 6.07) is 3.80. The first-order valence-electron chi connectivity index (χ1n) is 7.17. The normalized spacial score (nSPS) is 11.1. The summed E-state index contributed by atoms with van der Waals surface area (Å²) in [5, 5.41) is 10.4. The van der Waals surface area contributed by atoms with E-state index in [9.17, 15) is 0 Å². The van der Waals surface area contributed by atoms with E-state index in [-0.39, 0.29) is 0 Å². The van der Waals surface area contributed by atoms with Crippen molar-refractivity contribution in [3.63, 3.8) is 0 Å². The average Bonchev–Trinajstić information content (AvgIpc) is 2.54. The van der Waals surface area contributed by atoms with Gasteiger partial charge in [-0.05, 0) is 26.8 Å². The van der Waals surface area contributed by atoms with Crippen molar-refractivity contribution in [1.82, 2.24) is 19.9 Å². The molecule has 0 aliphatic heterocycles. The Morgan fingerprint density at radius 2 is 1.68 bits per heavy atom. The van der Waals surface area contributed by atoms with Crippen molar-refractivity contribution in [2.75, 3.05) is 29.1 Å². The van der Waals surface area contributed by atoms with Gasteiger partial charge in [0.1, 0.15) is 0 Å². The molecule has 2 rings (SSSR count). The van der Waals surface area contributed by atoms with Crippen LogP contribution in [-0.4, -0.2) is 38.7 Å². The lowest BCUT2D eigenvalue weighted by atomic mass is 10.2. The number of anilines is 3. The van der Waals surface area contributed by atoms with Gasteiger partial charge in [0.15, 0.2) is 0 Å². The second-order valence-electron chi connectivity index (χ2n) is 4.42. The molecule has 0 atom stereocenters. The molecule has 0 aliphatic rings. The topological polar surface area (TPSA) is 100 Å². The van der Waals surface area contributed by atoms with Crippen LogP contribution in [0.2, 0.25) is 0 Å². The van der Waals surface area contributed by atoms with E-state index >= 15 is 0 Å². The largest absolute Gasteiger partial charge is 0.354 e. The van der Waals surface area contributed by atoms with E-state index in [0.717, 1.165) is 24.4 Å². The Hall–Kier alpha value is -2.77. The number of rotatable bonds is 7. The monoisotopic (exact) mass is 300 g/mol. The number of hydrogen-bond acceptors (Lipinski definition) is 8. The van der Waals surface area contributed by atoms with Crippen molar-refractivity contribution in [2.24, 2.45) is 5.10 Å². The first kappa shape index (κ1) is 15.6. The van der Waals surface area contributed by atoms with E-state index in [1.54, 1.807) is 12.4 Å². The summed E-state index contributed by atoms with van der Waals surface area (Å²) in [5.41, 5.74) is 4.59. The van der Waals surface area contributed by atoms with Crippen LogP contribution in [0.3, 0.4) is 0 Å². The highest BCUT2D eigenvalue weighted by Crippen LogP contribution is 2.09. The fourth-order valence-corrected chi connectivity index (χ4v) is 1.68. The van der Waals surface area contributed by atoms with Crippen molar-refractivity contribution in [2.45, 2.75) is 20.8 Å². The fourth-order valence-electron chi connectivity index (χ4n) is 1.68. The molecule has 8 nitrogen and oxygen atoms in total. The Morgan fingerprint density at radius 1 is 1.05 bits per heavy atom. The van der Waals surface area contributed by atoms with Gasteiger partial charge < -0.3 is 10.6 Å². The molecule has 0 saturated heterocycles. The number of hydrazone groups is 1. The summed E-state index contributed by atoms with van der Waals surface area (Å²) in [4.78, 5) is 16.9. The molecule has 0 amide bonds. The third kappa shape index (κ3) is 4.37. The van der Waals surface area contributed by atoms with Crippen molar-refractivity contribution in [1.29, 1.82) is 0 Å². The summed E-state index contributed by atoms with van der Waals surface area (Å²) in [5.74, 6) is 1.39. The molecule has 116 valence electrons. The van der Waals surface area contributed by atoms with Gasteiger partial charge in [0.2, 0.25) is 17.8 Å². The van der Waals surface area contributed by atoms with Crippen LogP contribution in [0.5, 0.6) is 0 Å². The Labute approximate surface area is 129 Å². The molecule has 0 unspecified atom stereocenters. The first-order valence-corrected chi connectivity index (χ1v) is 7.17. The molecule has 0 aliphatic carbocycles. The highest BCUT2D eigenvalue weighted by atomic mass is 15.4. The number of aromatic nitrogens is 4. The molecule has 2 heterocycles. The average molecular weight is 300 g/mol. The van der Waals surface area contributed by atoms with Crippen LogP contribution < -0.4 is 16.1 Å². The molecule has 0 spiro atoms. The second-order valence-corrected chi connectivity index (χ2v) is 4.42. The lowest BCUT2D eigenvalue weighted by molar-refractivity contribution is 0.991. The van der Waals surface area contributed by atoms with Crippen molar-refractivity contribution < 1.29 is 0 Å². The highest BCUT2D eigenvalue weighted by Gasteiger charge is 2.05. The van der Waals surface area contributed by atoms with Crippen molar-refractivity contribution in [3.8, 4) is 0 Å². The van der Waals surface area contributed by atoms with Gasteiger partial charge in [0.25, 0.3) is 0 Å². The SMILES string of the molecule is CCNc1nc(NCC)nc(N/N=C(\C)c2cccnc2)n1. The lowest BCUT2D eigenvalue weighted by Gasteiger charge is -2.08. The van der Waals surface area contributed by atoms with Gasteiger partial charge in [0, 0.05) is 31.0 Å². The Balaban J connectivity index is 2.17. The minimum atomic E-state index is 0.380.